The van der Waals surface area contributed by atoms with Crippen LogP contribution in [0.4, 0.5) is 0 Å². The smallest absolute Gasteiger partial charge is 0.170 e. The van der Waals surface area contributed by atoms with Gasteiger partial charge in [-0.1, -0.05) is 35.5 Å². The molecule has 0 bridgehead atoms. The minimum Gasteiger partial charge on any atom is -0.409 e. The van der Waals surface area contributed by atoms with Crippen LogP contribution in [0.2, 0.25) is 0 Å². The lowest BCUT2D eigenvalue weighted by atomic mass is 10.1. The van der Waals surface area contributed by atoms with E-state index in [1.54, 1.807) is 11.3 Å². The van der Waals surface area contributed by atoms with Crippen molar-refractivity contribution < 1.29 is 5.21 Å². The largest absolute Gasteiger partial charge is 0.409 e. The second-order valence-electron chi connectivity index (χ2n) is 4.30. The number of benzene rings is 1. The zero-order valence-electron chi connectivity index (χ0n) is 10.7. The fraction of sp³-hybridized carbons (Fsp3) is 0.214. The van der Waals surface area contributed by atoms with Gasteiger partial charge in [0.2, 0.25) is 0 Å². The van der Waals surface area contributed by atoms with Crippen molar-refractivity contribution in [3.8, 4) is 0 Å². The molecule has 4 N–H and O–H groups in total. The minimum absolute atomic E-state index is 0.131. The number of nitrogens with zero attached hydrogens (tertiary/aromatic N) is 1. The molecule has 0 aliphatic carbocycles. The lowest BCUT2D eigenvalue weighted by Gasteiger charge is -2.12. The maximum Gasteiger partial charge on any atom is 0.170 e. The molecule has 0 saturated carbocycles. The Morgan fingerprint density at radius 2 is 2.11 bits per heavy atom. The molecule has 0 amide bonds. The molecule has 0 spiro atoms. The van der Waals surface area contributed by atoms with Gasteiger partial charge in [-0.3, -0.25) is 0 Å². The third-order valence-corrected chi connectivity index (χ3v) is 3.99. The predicted octanol–water partition coefficient (Wildman–Crippen LogP) is 2.69. The summed E-state index contributed by atoms with van der Waals surface area (Å²) in [5.74, 6) is 0.131. The summed E-state index contributed by atoms with van der Waals surface area (Å²) in [4.78, 5) is 1.33. The normalized spacial score (nSPS) is 13.4. The summed E-state index contributed by atoms with van der Waals surface area (Å²) in [5, 5.41) is 17.1. The fourth-order valence-electron chi connectivity index (χ4n) is 1.76. The first kappa shape index (κ1) is 13.6. The second kappa shape index (κ2) is 6.36. The standard InChI is InChI=1S/C14H17N3OS/c1-10(13-3-2-8-19-13)16-9-11-4-6-12(7-5-11)14(15)17-18/h2-8,10,16,18H,9H2,1H3,(H2,15,17)/t10-/m0/s1. The number of nitrogens with two attached hydrogens (primary N) is 1. The molecule has 1 heterocycles. The van der Waals surface area contributed by atoms with Crippen molar-refractivity contribution in [2.75, 3.05) is 0 Å². The van der Waals surface area contributed by atoms with E-state index in [0.717, 1.165) is 17.7 Å². The monoisotopic (exact) mass is 275 g/mol. The Morgan fingerprint density at radius 1 is 1.37 bits per heavy atom. The van der Waals surface area contributed by atoms with Gasteiger partial charge in [0, 0.05) is 23.0 Å². The van der Waals surface area contributed by atoms with Gasteiger partial charge in [-0.25, -0.2) is 0 Å². The molecule has 2 rings (SSSR count). The highest BCUT2D eigenvalue weighted by Gasteiger charge is 2.05. The Labute approximate surface area is 116 Å². The zero-order chi connectivity index (χ0) is 13.7. The van der Waals surface area contributed by atoms with Gasteiger partial charge < -0.3 is 16.3 Å². The minimum atomic E-state index is 0.131. The lowest BCUT2D eigenvalue weighted by Crippen LogP contribution is -2.17. The molecule has 0 radical (unpaired) electrons. The number of oxime groups is 1. The van der Waals surface area contributed by atoms with Crippen LogP contribution in [0, 0.1) is 0 Å². The van der Waals surface area contributed by atoms with E-state index in [0.29, 0.717) is 6.04 Å². The summed E-state index contributed by atoms with van der Waals surface area (Å²) in [7, 11) is 0. The molecule has 0 aliphatic heterocycles. The van der Waals surface area contributed by atoms with Gasteiger partial charge in [0.25, 0.3) is 0 Å². The van der Waals surface area contributed by atoms with Gasteiger partial charge >= 0.3 is 0 Å². The molecular formula is C14H17N3OS. The van der Waals surface area contributed by atoms with Crippen LogP contribution in [-0.2, 0) is 6.54 Å². The van der Waals surface area contributed by atoms with Crippen LogP contribution < -0.4 is 11.1 Å². The average Bonchev–Trinajstić information content (AvgIpc) is 2.98. The third kappa shape index (κ3) is 3.56. The number of nitrogens with one attached hydrogen (secondary N) is 1. The van der Waals surface area contributed by atoms with E-state index in [-0.39, 0.29) is 5.84 Å². The molecule has 100 valence electrons. The first-order valence-electron chi connectivity index (χ1n) is 6.04. The van der Waals surface area contributed by atoms with Gasteiger partial charge in [-0.15, -0.1) is 11.3 Å². The van der Waals surface area contributed by atoms with Crippen LogP contribution in [0.15, 0.2) is 46.9 Å². The summed E-state index contributed by atoms with van der Waals surface area (Å²) in [5.41, 5.74) is 7.40. The quantitative estimate of drug-likeness (QED) is 0.340. The van der Waals surface area contributed by atoms with Crippen molar-refractivity contribution in [1.82, 2.24) is 5.32 Å². The highest BCUT2D eigenvalue weighted by molar-refractivity contribution is 7.10. The summed E-state index contributed by atoms with van der Waals surface area (Å²) >= 11 is 1.75. The van der Waals surface area contributed by atoms with Crippen LogP contribution in [0.5, 0.6) is 0 Å². The Hall–Kier alpha value is -1.85. The topological polar surface area (TPSA) is 70.6 Å². The molecule has 1 aromatic heterocycles. The van der Waals surface area contributed by atoms with Gasteiger partial charge in [-0.2, -0.15) is 0 Å². The van der Waals surface area contributed by atoms with Crippen molar-refractivity contribution in [3.05, 3.63) is 57.8 Å². The number of hydrogen-bond acceptors (Lipinski definition) is 4. The van der Waals surface area contributed by atoms with Crippen LogP contribution in [0.25, 0.3) is 0 Å². The first-order chi connectivity index (χ1) is 9.20. The van der Waals surface area contributed by atoms with Crippen molar-refractivity contribution in [2.24, 2.45) is 10.9 Å². The summed E-state index contributed by atoms with van der Waals surface area (Å²) in [6.45, 7) is 2.94. The lowest BCUT2D eigenvalue weighted by molar-refractivity contribution is 0.318. The van der Waals surface area contributed by atoms with Gasteiger partial charge in [0.15, 0.2) is 5.84 Å². The molecule has 2 aromatic rings. The highest BCUT2D eigenvalue weighted by Crippen LogP contribution is 2.18. The van der Waals surface area contributed by atoms with Crippen molar-refractivity contribution in [3.63, 3.8) is 0 Å². The molecule has 0 aliphatic rings. The van der Waals surface area contributed by atoms with E-state index in [1.807, 2.05) is 24.3 Å². The molecule has 19 heavy (non-hydrogen) atoms. The second-order valence-corrected chi connectivity index (χ2v) is 5.28. The highest BCUT2D eigenvalue weighted by atomic mass is 32.1. The van der Waals surface area contributed by atoms with E-state index in [1.165, 1.54) is 4.88 Å². The average molecular weight is 275 g/mol. The Kier molecular flexibility index (Phi) is 4.54. The molecule has 0 saturated heterocycles. The number of hydrogen-bond donors (Lipinski definition) is 3. The van der Waals surface area contributed by atoms with E-state index >= 15 is 0 Å². The Morgan fingerprint density at radius 3 is 2.68 bits per heavy atom. The number of amidine groups is 1. The van der Waals surface area contributed by atoms with Gasteiger partial charge in [0.1, 0.15) is 0 Å². The van der Waals surface area contributed by atoms with Crippen molar-refractivity contribution in [2.45, 2.75) is 19.5 Å². The summed E-state index contributed by atoms with van der Waals surface area (Å²) in [6, 6.07) is 12.2. The van der Waals surface area contributed by atoms with Gasteiger partial charge in [-0.05, 0) is 23.9 Å². The van der Waals surface area contributed by atoms with Crippen LogP contribution >= 0.6 is 11.3 Å². The van der Waals surface area contributed by atoms with E-state index in [9.17, 15) is 0 Å². The van der Waals surface area contributed by atoms with E-state index in [2.05, 4.69) is 34.9 Å². The molecule has 1 atom stereocenters. The fourth-order valence-corrected chi connectivity index (χ4v) is 2.52. The maximum absolute atomic E-state index is 8.59. The zero-order valence-corrected chi connectivity index (χ0v) is 11.5. The van der Waals surface area contributed by atoms with Crippen molar-refractivity contribution in [1.29, 1.82) is 0 Å². The summed E-state index contributed by atoms with van der Waals surface area (Å²) < 4.78 is 0. The van der Waals surface area contributed by atoms with Crippen LogP contribution in [0.3, 0.4) is 0 Å². The molecular weight excluding hydrogens is 258 g/mol. The summed E-state index contributed by atoms with van der Waals surface area (Å²) in [6.07, 6.45) is 0. The van der Waals surface area contributed by atoms with Crippen LogP contribution in [-0.4, -0.2) is 11.0 Å². The predicted molar refractivity (Wildman–Crippen MR) is 78.5 cm³/mol. The van der Waals surface area contributed by atoms with Gasteiger partial charge in [0.05, 0.1) is 0 Å². The van der Waals surface area contributed by atoms with Crippen molar-refractivity contribution >= 4 is 17.2 Å². The van der Waals surface area contributed by atoms with E-state index < -0.39 is 0 Å². The number of thiophene rings is 1. The molecule has 0 unspecified atom stereocenters. The van der Waals surface area contributed by atoms with Crippen LogP contribution in [0.1, 0.15) is 29.0 Å². The number of rotatable bonds is 5. The third-order valence-electron chi connectivity index (χ3n) is 2.94. The Bertz CT molecular complexity index is 534. The SMILES string of the molecule is C[C@H](NCc1ccc(/C(N)=N/O)cc1)c1cccs1. The Balaban J connectivity index is 1.93. The van der Waals surface area contributed by atoms with E-state index in [4.69, 9.17) is 10.9 Å². The first-order valence-corrected chi connectivity index (χ1v) is 6.92. The molecule has 0 fully saturated rings. The molecule has 4 nitrogen and oxygen atoms in total. The maximum atomic E-state index is 8.59. The molecule has 5 heteroatoms. The molecule has 1 aromatic carbocycles.